The molecule has 0 spiro atoms. The number of para-hydroxylation sites is 1. The normalized spacial score (nSPS) is 10.2. The number of benzene rings is 2. The Morgan fingerprint density at radius 2 is 1.84 bits per heavy atom. The van der Waals surface area contributed by atoms with Gasteiger partial charge in [0.1, 0.15) is 11.5 Å². The molecular formula is C16H19NO2. The number of nitrogens with two attached hydrogens (primary N) is 1. The minimum atomic E-state index is 0.630. The van der Waals surface area contributed by atoms with Crippen LogP contribution in [0.2, 0.25) is 0 Å². The van der Waals surface area contributed by atoms with E-state index in [1.807, 2.05) is 42.5 Å². The van der Waals surface area contributed by atoms with Crippen LogP contribution < -0.4 is 15.2 Å². The molecule has 0 saturated carbocycles. The Labute approximate surface area is 114 Å². The molecule has 2 rings (SSSR count). The van der Waals surface area contributed by atoms with Gasteiger partial charge in [0, 0.05) is 5.56 Å². The third-order valence-electron chi connectivity index (χ3n) is 2.89. The van der Waals surface area contributed by atoms with E-state index >= 15 is 0 Å². The number of methoxy groups -OCH3 is 1. The van der Waals surface area contributed by atoms with Gasteiger partial charge in [-0.25, -0.2) is 0 Å². The van der Waals surface area contributed by atoms with Crippen LogP contribution in [0.3, 0.4) is 0 Å². The Bertz CT molecular complexity index is 552. The summed E-state index contributed by atoms with van der Waals surface area (Å²) in [6.45, 7) is 2.80. The van der Waals surface area contributed by atoms with Crippen molar-refractivity contribution in [3.63, 3.8) is 0 Å². The fourth-order valence-corrected chi connectivity index (χ4v) is 1.94. The Kier molecular flexibility index (Phi) is 4.29. The van der Waals surface area contributed by atoms with Gasteiger partial charge in [-0.1, -0.05) is 31.2 Å². The lowest BCUT2D eigenvalue weighted by molar-refractivity contribution is 0.318. The molecule has 3 heteroatoms. The Hall–Kier alpha value is -2.16. The molecule has 100 valence electrons. The zero-order valence-corrected chi connectivity index (χ0v) is 11.3. The number of hydrogen-bond acceptors (Lipinski definition) is 3. The summed E-state index contributed by atoms with van der Waals surface area (Å²) in [6.07, 6.45) is 0.985. The lowest BCUT2D eigenvalue weighted by atomic mass is 10.0. The Balaban J connectivity index is 2.38. The molecule has 0 unspecified atom stereocenters. The average Bonchev–Trinajstić information content (AvgIpc) is 2.45. The summed E-state index contributed by atoms with van der Waals surface area (Å²) in [5.41, 5.74) is 8.66. The maximum Gasteiger partial charge on any atom is 0.141 e. The third kappa shape index (κ3) is 2.99. The summed E-state index contributed by atoms with van der Waals surface area (Å²) < 4.78 is 10.9. The maximum atomic E-state index is 5.95. The topological polar surface area (TPSA) is 44.5 Å². The van der Waals surface area contributed by atoms with Gasteiger partial charge < -0.3 is 15.2 Å². The van der Waals surface area contributed by atoms with Crippen LogP contribution in [0.1, 0.15) is 13.3 Å². The zero-order chi connectivity index (χ0) is 13.7. The molecule has 0 aromatic heterocycles. The molecule has 2 aromatic carbocycles. The van der Waals surface area contributed by atoms with Gasteiger partial charge in [0.25, 0.3) is 0 Å². The van der Waals surface area contributed by atoms with Crippen molar-refractivity contribution < 1.29 is 9.47 Å². The number of nitrogen functional groups attached to an aromatic ring is 1. The molecule has 2 N–H and O–H groups in total. The van der Waals surface area contributed by atoms with Gasteiger partial charge in [-0.15, -0.1) is 0 Å². The molecule has 19 heavy (non-hydrogen) atoms. The minimum Gasteiger partial charge on any atom is -0.495 e. The molecule has 0 saturated heterocycles. The van der Waals surface area contributed by atoms with Crippen LogP contribution in [-0.4, -0.2) is 13.7 Å². The van der Waals surface area contributed by atoms with Crippen LogP contribution in [0.5, 0.6) is 11.5 Å². The van der Waals surface area contributed by atoms with E-state index in [-0.39, 0.29) is 0 Å². The summed E-state index contributed by atoms with van der Waals surface area (Å²) in [4.78, 5) is 0. The van der Waals surface area contributed by atoms with Crippen LogP contribution >= 0.6 is 0 Å². The van der Waals surface area contributed by atoms with Crippen LogP contribution in [0.4, 0.5) is 5.69 Å². The summed E-state index contributed by atoms with van der Waals surface area (Å²) in [5, 5.41) is 0. The highest BCUT2D eigenvalue weighted by Crippen LogP contribution is 2.33. The van der Waals surface area contributed by atoms with Gasteiger partial charge in [-0.3, -0.25) is 0 Å². The zero-order valence-electron chi connectivity index (χ0n) is 11.3. The molecule has 0 amide bonds. The second-order valence-electron chi connectivity index (χ2n) is 4.30. The first-order valence-corrected chi connectivity index (χ1v) is 6.42. The molecule has 2 aromatic rings. The SMILES string of the molecule is CCCOc1ccccc1-c1ccc(OC)c(N)c1. The summed E-state index contributed by atoms with van der Waals surface area (Å²) in [5.74, 6) is 1.57. The van der Waals surface area contributed by atoms with Crippen LogP contribution in [0.25, 0.3) is 11.1 Å². The molecule has 3 nitrogen and oxygen atoms in total. The van der Waals surface area contributed by atoms with Gasteiger partial charge in [0.15, 0.2) is 0 Å². The first-order chi connectivity index (χ1) is 9.26. The molecule has 0 radical (unpaired) electrons. The van der Waals surface area contributed by atoms with E-state index in [1.165, 1.54) is 0 Å². The first kappa shape index (κ1) is 13.3. The smallest absolute Gasteiger partial charge is 0.141 e. The predicted octanol–water partition coefficient (Wildman–Crippen LogP) is 3.73. The molecule has 0 aliphatic carbocycles. The van der Waals surface area contributed by atoms with Crippen molar-refractivity contribution in [1.82, 2.24) is 0 Å². The van der Waals surface area contributed by atoms with E-state index < -0.39 is 0 Å². The summed E-state index contributed by atoms with van der Waals surface area (Å²) in [7, 11) is 1.61. The van der Waals surface area contributed by atoms with E-state index in [4.69, 9.17) is 15.2 Å². The van der Waals surface area contributed by atoms with Crippen molar-refractivity contribution >= 4 is 5.69 Å². The fourth-order valence-electron chi connectivity index (χ4n) is 1.94. The summed E-state index contributed by atoms with van der Waals surface area (Å²) in [6, 6.07) is 13.8. The molecule has 0 heterocycles. The Morgan fingerprint density at radius 1 is 1.05 bits per heavy atom. The highest BCUT2D eigenvalue weighted by molar-refractivity contribution is 5.75. The van der Waals surface area contributed by atoms with E-state index in [1.54, 1.807) is 7.11 Å². The summed E-state index contributed by atoms with van der Waals surface area (Å²) >= 11 is 0. The number of hydrogen-bond donors (Lipinski definition) is 1. The van der Waals surface area contributed by atoms with Crippen molar-refractivity contribution in [2.75, 3.05) is 19.5 Å². The Morgan fingerprint density at radius 3 is 2.53 bits per heavy atom. The van der Waals surface area contributed by atoms with Crippen molar-refractivity contribution in [1.29, 1.82) is 0 Å². The lowest BCUT2D eigenvalue weighted by Crippen LogP contribution is -1.97. The van der Waals surface area contributed by atoms with Crippen LogP contribution in [0.15, 0.2) is 42.5 Å². The van der Waals surface area contributed by atoms with Crippen molar-refractivity contribution in [2.45, 2.75) is 13.3 Å². The number of rotatable bonds is 5. The highest BCUT2D eigenvalue weighted by atomic mass is 16.5. The molecular weight excluding hydrogens is 238 g/mol. The van der Waals surface area contributed by atoms with Gasteiger partial charge in [0.2, 0.25) is 0 Å². The van der Waals surface area contributed by atoms with E-state index in [9.17, 15) is 0 Å². The molecule has 0 aliphatic heterocycles. The largest absolute Gasteiger partial charge is 0.495 e. The van der Waals surface area contributed by atoms with Gasteiger partial charge >= 0.3 is 0 Å². The van der Waals surface area contributed by atoms with E-state index in [0.29, 0.717) is 18.0 Å². The monoisotopic (exact) mass is 257 g/mol. The average molecular weight is 257 g/mol. The number of anilines is 1. The quantitative estimate of drug-likeness (QED) is 0.830. The molecule has 0 fully saturated rings. The van der Waals surface area contributed by atoms with E-state index in [2.05, 4.69) is 6.92 Å². The van der Waals surface area contributed by atoms with Gasteiger partial charge in [-0.2, -0.15) is 0 Å². The van der Waals surface area contributed by atoms with Gasteiger partial charge in [0.05, 0.1) is 19.4 Å². The second kappa shape index (κ2) is 6.14. The lowest BCUT2D eigenvalue weighted by Gasteiger charge is -2.12. The van der Waals surface area contributed by atoms with Crippen molar-refractivity contribution in [2.24, 2.45) is 0 Å². The molecule has 0 atom stereocenters. The third-order valence-corrected chi connectivity index (χ3v) is 2.89. The first-order valence-electron chi connectivity index (χ1n) is 6.42. The van der Waals surface area contributed by atoms with Crippen LogP contribution in [0, 0.1) is 0 Å². The second-order valence-corrected chi connectivity index (χ2v) is 4.30. The molecule has 0 aliphatic rings. The standard InChI is InChI=1S/C16H19NO2/c1-3-10-19-15-7-5-4-6-13(15)12-8-9-16(18-2)14(17)11-12/h4-9,11H,3,10,17H2,1-2H3. The van der Waals surface area contributed by atoms with Crippen molar-refractivity contribution in [3.05, 3.63) is 42.5 Å². The van der Waals surface area contributed by atoms with E-state index in [0.717, 1.165) is 23.3 Å². The minimum absolute atomic E-state index is 0.630. The maximum absolute atomic E-state index is 5.95. The predicted molar refractivity (Wildman–Crippen MR) is 78.6 cm³/mol. The van der Waals surface area contributed by atoms with Crippen LogP contribution in [-0.2, 0) is 0 Å². The molecule has 0 bridgehead atoms. The fraction of sp³-hybridized carbons (Fsp3) is 0.250. The van der Waals surface area contributed by atoms with Crippen molar-refractivity contribution in [3.8, 4) is 22.6 Å². The highest BCUT2D eigenvalue weighted by Gasteiger charge is 2.08. The van der Waals surface area contributed by atoms with Gasteiger partial charge in [-0.05, 0) is 30.2 Å². The number of ether oxygens (including phenoxy) is 2.